The van der Waals surface area contributed by atoms with Crippen LogP contribution in [0.3, 0.4) is 0 Å². The van der Waals surface area contributed by atoms with E-state index in [-0.39, 0.29) is 18.0 Å². The summed E-state index contributed by atoms with van der Waals surface area (Å²) in [5.74, 6) is -0.126. The third-order valence-corrected chi connectivity index (χ3v) is 3.04. The zero-order valence-corrected chi connectivity index (χ0v) is 10.1. The Balaban J connectivity index is 2.33. The van der Waals surface area contributed by atoms with E-state index < -0.39 is 0 Å². The van der Waals surface area contributed by atoms with Crippen LogP contribution in [0.5, 0.6) is 0 Å². The van der Waals surface area contributed by atoms with Gasteiger partial charge in [0.15, 0.2) is 0 Å². The number of hydrogen-bond donors (Lipinski definition) is 0. The van der Waals surface area contributed by atoms with Gasteiger partial charge in [-0.1, -0.05) is 18.2 Å². The fourth-order valence-corrected chi connectivity index (χ4v) is 2.16. The Morgan fingerprint density at radius 2 is 1.88 bits per heavy atom. The Morgan fingerprint density at radius 3 is 2.47 bits per heavy atom. The minimum absolute atomic E-state index is 0.0139. The molecule has 3 amide bonds. The molecule has 0 radical (unpaired) electrons. The van der Waals surface area contributed by atoms with E-state index in [0.717, 1.165) is 0 Å². The summed E-state index contributed by atoms with van der Waals surface area (Å²) in [6.45, 7) is 4.45. The minimum atomic E-state index is -0.220. The summed E-state index contributed by atoms with van der Waals surface area (Å²) in [6.07, 6.45) is 0.383. The van der Waals surface area contributed by atoms with Crippen LogP contribution in [0.2, 0.25) is 0 Å². The molecule has 17 heavy (non-hydrogen) atoms. The van der Waals surface area contributed by atoms with Crippen molar-refractivity contribution in [3.8, 4) is 0 Å². The van der Waals surface area contributed by atoms with Crippen LogP contribution in [-0.4, -0.2) is 29.4 Å². The standard InChI is InChI=1S/C13H16N2O2/c1-3-14-10(2)9-12(16)15(13(14)17)11-7-5-4-6-8-11/h4-8,10H,3,9H2,1-2H3. The lowest BCUT2D eigenvalue weighted by Gasteiger charge is -2.38. The molecule has 2 rings (SSSR count). The van der Waals surface area contributed by atoms with Crippen molar-refractivity contribution in [2.45, 2.75) is 26.3 Å². The third kappa shape index (κ3) is 2.02. The van der Waals surface area contributed by atoms with Gasteiger partial charge in [-0.25, -0.2) is 9.69 Å². The van der Waals surface area contributed by atoms with E-state index in [1.54, 1.807) is 17.0 Å². The molecule has 1 unspecified atom stereocenters. The Bertz CT molecular complexity index is 430. The van der Waals surface area contributed by atoms with Gasteiger partial charge in [-0.3, -0.25) is 4.79 Å². The molecule has 0 aromatic heterocycles. The summed E-state index contributed by atoms with van der Waals surface area (Å²) < 4.78 is 0. The van der Waals surface area contributed by atoms with Crippen molar-refractivity contribution in [3.63, 3.8) is 0 Å². The lowest BCUT2D eigenvalue weighted by molar-refractivity contribution is -0.120. The molecule has 4 nitrogen and oxygen atoms in total. The van der Waals surface area contributed by atoms with Gasteiger partial charge in [-0.2, -0.15) is 0 Å². The van der Waals surface area contributed by atoms with Gasteiger partial charge in [0.05, 0.1) is 5.69 Å². The highest BCUT2D eigenvalue weighted by Gasteiger charge is 2.36. The van der Waals surface area contributed by atoms with E-state index in [1.807, 2.05) is 32.0 Å². The zero-order chi connectivity index (χ0) is 12.4. The van der Waals surface area contributed by atoms with Crippen LogP contribution in [0, 0.1) is 0 Å². The van der Waals surface area contributed by atoms with Gasteiger partial charge >= 0.3 is 6.03 Å². The van der Waals surface area contributed by atoms with Crippen molar-refractivity contribution in [1.29, 1.82) is 0 Å². The van der Waals surface area contributed by atoms with Crippen molar-refractivity contribution in [3.05, 3.63) is 30.3 Å². The van der Waals surface area contributed by atoms with Gasteiger partial charge < -0.3 is 4.90 Å². The molecule has 0 aliphatic carbocycles. The summed E-state index contributed by atoms with van der Waals surface area (Å²) in [5.41, 5.74) is 0.646. The molecule has 1 aliphatic rings. The van der Waals surface area contributed by atoms with Crippen LogP contribution in [0.15, 0.2) is 30.3 Å². The predicted molar refractivity (Wildman–Crippen MR) is 65.8 cm³/mol. The van der Waals surface area contributed by atoms with Crippen LogP contribution in [0.25, 0.3) is 0 Å². The van der Waals surface area contributed by atoms with Gasteiger partial charge in [0, 0.05) is 19.0 Å². The van der Waals surface area contributed by atoms with Gasteiger partial charge in [-0.05, 0) is 26.0 Å². The van der Waals surface area contributed by atoms with Gasteiger partial charge in [-0.15, -0.1) is 0 Å². The normalized spacial score (nSPS) is 20.9. The zero-order valence-electron chi connectivity index (χ0n) is 10.1. The Labute approximate surface area is 101 Å². The number of carbonyl (C=O) groups excluding carboxylic acids is 2. The molecule has 1 fully saturated rings. The summed E-state index contributed by atoms with van der Waals surface area (Å²) in [6, 6.07) is 8.83. The number of urea groups is 1. The smallest absolute Gasteiger partial charge is 0.321 e. The van der Waals surface area contributed by atoms with E-state index in [9.17, 15) is 9.59 Å². The second-order valence-corrected chi connectivity index (χ2v) is 4.19. The molecule has 0 bridgehead atoms. The lowest BCUT2D eigenvalue weighted by atomic mass is 10.1. The lowest BCUT2D eigenvalue weighted by Crippen LogP contribution is -2.56. The van der Waals surface area contributed by atoms with Crippen LogP contribution in [0.4, 0.5) is 10.5 Å². The van der Waals surface area contributed by atoms with Crippen molar-refractivity contribution < 1.29 is 9.59 Å². The van der Waals surface area contributed by atoms with Gasteiger partial charge in [0.2, 0.25) is 5.91 Å². The highest BCUT2D eigenvalue weighted by atomic mass is 16.2. The summed E-state index contributed by atoms with van der Waals surface area (Å²) >= 11 is 0. The van der Waals surface area contributed by atoms with Crippen molar-refractivity contribution >= 4 is 17.6 Å². The van der Waals surface area contributed by atoms with Crippen molar-refractivity contribution in [2.24, 2.45) is 0 Å². The SMILES string of the molecule is CCN1C(=O)N(c2ccccc2)C(=O)CC1C. The van der Waals surface area contributed by atoms with Gasteiger partial charge in [0.1, 0.15) is 0 Å². The van der Waals surface area contributed by atoms with Crippen molar-refractivity contribution in [1.82, 2.24) is 4.90 Å². The number of hydrogen-bond acceptors (Lipinski definition) is 2. The first-order chi connectivity index (χ1) is 8.15. The Morgan fingerprint density at radius 1 is 1.24 bits per heavy atom. The van der Waals surface area contributed by atoms with E-state index in [4.69, 9.17) is 0 Å². The molecule has 0 spiro atoms. The van der Waals surface area contributed by atoms with Crippen molar-refractivity contribution in [2.75, 3.05) is 11.4 Å². The fourth-order valence-electron chi connectivity index (χ4n) is 2.16. The molecule has 90 valence electrons. The van der Waals surface area contributed by atoms with E-state index >= 15 is 0 Å². The highest BCUT2D eigenvalue weighted by molar-refractivity contribution is 6.16. The average Bonchev–Trinajstić information content (AvgIpc) is 2.30. The monoisotopic (exact) mass is 232 g/mol. The molecule has 0 saturated carbocycles. The summed E-state index contributed by atoms with van der Waals surface area (Å²) in [4.78, 5) is 27.1. The summed E-state index contributed by atoms with van der Waals surface area (Å²) in [5, 5.41) is 0. The first-order valence-corrected chi connectivity index (χ1v) is 5.83. The molecule has 0 N–H and O–H groups in total. The fraction of sp³-hybridized carbons (Fsp3) is 0.385. The number of carbonyl (C=O) groups is 2. The number of rotatable bonds is 2. The quantitative estimate of drug-likeness (QED) is 0.784. The number of imide groups is 1. The minimum Gasteiger partial charge on any atom is -0.321 e. The number of nitrogens with zero attached hydrogens (tertiary/aromatic N) is 2. The van der Waals surface area contributed by atoms with Crippen LogP contribution < -0.4 is 4.90 Å². The molecule has 1 atom stereocenters. The predicted octanol–water partition coefficient (Wildman–Crippen LogP) is 2.25. The Hall–Kier alpha value is -1.84. The largest absolute Gasteiger partial charge is 0.331 e. The maximum absolute atomic E-state index is 12.2. The number of anilines is 1. The van der Waals surface area contributed by atoms with Crippen LogP contribution in [0.1, 0.15) is 20.3 Å². The number of amides is 3. The topological polar surface area (TPSA) is 40.6 Å². The first kappa shape index (κ1) is 11.6. The van der Waals surface area contributed by atoms with Crippen LogP contribution >= 0.6 is 0 Å². The molecular formula is C13H16N2O2. The second kappa shape index (κ2) is 4.57. The molecule has 1 aromatic rings. The molecule has 1 saturated heterocycles. The van der Waals surface area contributed by atoms with E-state index in [0.29, 0.717) is 18.7 Å². The third-order valence-electron chi connectivity index (χ3n) is 3.04. The van der Waals surface area contributed by atoms with Crippen LogP contribution in [-0.2, 0) is 4.79 Å². The molecule has 1 aromatic carbocycles. The average molecular weight is 232 g/mol. The van der Waals surface area contributed by atoms with E-state index in [2.05, 4.69) is 0 Å². The first-order valence-electron chi connectivity index (χ1n) is 5.83. The Kier molecular flexibility index (Phi) is 3.13. The maximum Gasteiger partial charge on any atom is 0.331 e. The number of para-hydroxylation sites is 1. The second-order valence-electron chi connectivity index (χ2n) is 4.19. The molecule has 1 heterocycles. The molecule has 4 heteroatoms. The summed E-state index contributed by atoms with van der Waals surface area (Å²) in [7, 11) is 0. The van der Waals surface area contributed by atoms with Gasteiger partial charge in [0.25, 0.3) is 0 Å². The molecule has 1 aliphatic heterocycles. The maximum atomic E-state index is 12.2. The van der Waals surface area contributed by atoms with E-state index in [1.165, 1.54) is 4.90 Å². The highest BCUT2D eigenvalue weighted by Crippen LogP contribution is 2.23. The molecular weight excluding hydrogens is 216 g/mol. The number of benzene rings is 1.